The number of carbonyl (C=O) groups excluding carboxylic acids is 1. The number of nitrogens with two attached hydrogens (primary N) is 1. The second kappa shape index (κ2) is 6.13. The maximum atomic E-state index is 11.5. The van der Waals surface area contributed by atoms with Crippen LogP contribution in [0.2, 0.25) is 0 Å². The van der Waals surface area contributed by atoms with Gasteiger partial charge in [0, 0.05) is 31.9 Å². The van der Waals surface area contributed by atoms with Crippen LogP contribution in [0.15, 0.2) is 18.2 Å². The molecule has 2 rings (SSSR count). The zero-order valence-electron chi connectivity index (χ0n) is 12.4. The van der Waals surface area contributed by atoms with Gasteiger partial charge in [0.2, 0.25) is 0 Å². The fourth-order valence-corrected chi connectivity index (χ4v) is 2.62. The van der Waals surface area contributed by atoms with Crippen LogP contribution in [-0.2, 0) is 4.79 Å². The number of hydrogen-bond donors (Lipinski definition) is 2. The summed E-state index contributed by atoms with van der Waals surface area (Å²) in [5, 5.41) is 9.05. The van der Waals surface area contributed by atoms with Gasteiger partial charge in [0.1, 0.15) is 6.04 Å². The van der Waals surface area contributed by atoms with Crippen LogP contribution in [0.3, 0.4) is 0 Å². The number of benzene rings is 1. The Labute approximate surface area is 124 Å². The Morgan fingerprint density at radius 3 is 2.38 bits per heavy atom. The molecule has 0 aliphatic carbocycles. The lowest BCUT2D eigenvalue weighted by Gasteiger charge is -2.38. The first-order chi connectivity index (χ1) is 9.90. The molecule has 21 heavy (non-hydrogen) atoms. The van der Waals surface area contributed by atoms with Gasteiger partial charge in [-0.05, 0) is 31.5 Å². The molecule has 6 heteroatoms. The van der Waals surface area contributed by atoms with Crippen molar-refractivity contribution in [2.75, 3.05) is 31.1 Å². The number of piperazine rings is 1. The number of anilines is 1. The highest BCUT2D eigenvalue weighted by atomic mass is 16.4. The molecule has 0 radical (unpaired) electrons. The normalized spacial score (nSPS) is 17.5. The van der Waals surface area contributed by atoms with Crippen LogP contribution in [0.4, 0.5) is 5.69 Å². The fourth-order valence-electron chi connectivity index (χ4n) is 2.62. The average molecular weight is 291 g/mol. The highest BCUT2D eigenvalue weighted by molar-refractivity contribution is 5.98. The smallest absolute Gasteiger partial charge is 0.320 e. The monoisotopic (exact) mass is 291 g/mol. The lowest BCUT2D eigenvalue weighted by molar-refractivity contribution is -0.142. The Hall–Kier alpha value is -2.08. The van der Waals surface area contributed by atoms with Crippen molar-refractivity contribution < 1.29 is 14.7 Å². The number of rotatable bonds is 4. The van der Waals surface area contributed by atoms with Crippen LogP contribution in [0.25, 0.3) is 0 Å². The number of aliphatic carboxylic acids is 1. The second-order valence-corrected chi connectivity index (χ2v) is 5.42. The molecule has 3 N–H and O–H groups in total. The molecule has 0 bridgehead atoms. The molecule has 1 aliphatic rings. The Bertz CT molecular complexity index is 551. The molecule has 1 fully saturated rings. The Morgan fingerprint density at radius 2 is 1.86 bits per heavy atom. The van der Waals surface area contributed by atoms with Crippen molar-refractivity contribution in [2.45, 2.75) is 19.9 Å². The Morgan fingerprint density at radius 1 is 1.24 bits per heavy atom. The summed E-state index contributed by atoms with van der Waals surface area (Å²) in [7, 11) is 0. The summed E-state index contributed by atoms with van der Waals surface area (Å²) in [5.41, 5.74) is 7.85. The van der Waals surface area contributed by atoms with Gasteiger partial charge in [0.05, 0.1) is 5.56 Å². The molecule has 1 aromatic rings. The SMILES string of the molecule is Cc1ccc(C(N)=O)c(N2CCN(C(C)C(=O)O)CC2)c1. The van der Waals surface area contributed by atoms with Crippen molar-refractivity contribution in [1.29, 1.82) is 0 Å². The molecule has 0 aromatic heterocycles. The van der Waals surface area contributed by atoms with Crippen molar-refractivity contribution in [3.8, 4) is 0 Å². The lowest BCUT2D eigenvalue weighted by atomic mass is 10.1. The van der Waals surface area contributed by atoms with E-state index in [1.54, 1.807) is 13.0 Å². The number of carboxylic acids is 1. The quantitative estimate of drug-likeness (QED) is 0.852. The Balaban J connectivity index is 2.14. The van der Waals surface area contributed by atoms with Gasteiger partial charge >= 0.3 is 5.97 Å². The lowest BCUT2D eigenvalue weighted by Crippen LogP contribution is -2.52. The third-order valence-corrected chi connectivity index (χ3v) is 3.98. The van der Waals surface area contributed by atoms with Crippen LogP contribution < -0.4 is 10.6 Å². The molecule has 6 nitrogen and oxygen atoms in total. The van der Waals surface area contributed by atoms with Crippen molar-refractivity contribution in [1.82, 2.24) is 4.90 Å². The fraction of sp³-hybridized carbons (Fsp3) is 0.467. The van der Waals surface area contributed by atoms with Gasteiger partial charge in [0.15, 0.2) is 0 Å². The summed E-state index contributed by atoms with van der Waals surface area (Å²) in [6.45, 7) is 6.33. The molecule has 1 aliphatic heterocycles. The molecular formula is C15H21N3O3. The average Bonchev–Trinajstić information content (AvgIpc) is 2.46. The topological polar surface area (TPSA) is 86.9 Å². The third-order valence-electron chi connectivity index (χ3n) is 3.98. The molecule has 0 spiro atoms. The predicted molar refractivity (Wildman–Crippen MR) is 80.6 cm³/mol. The minimum Gasteiger partial charge on any atom is -0.480 e. The van der Waals surface area contributed by atoms with Crippen molar-refractivity contribution in [3.05, 3.63) is 29.3 Å². The number of carboxylic acid groups (broad SMARTS) is 1. The van der Waals surface area contributed by atoms with Crippen LogP contribution in [0, 0.1) is 6.92 Å². The molecule has 114 valence electrons. The van der Waals surface area contributed by atoms with Gasteiger partial charge in [-0.1, -0.05) is 6.07 Å². The van der Waals surface area contributed by atoms with E-state index in [1.165, 1.54) is 0 Å². The Kier molecular flexibility index (Phi) is 4.47. The number of carbonyl (C=O) groups is 2. The van der Waals surface area contributed by atoms with Gasteiger partial charge in [-0.25, -0.2) is 0 Å². The molecule has 0 saturated carbocycles. The van der Waals surface area contributed by atoms with Gasteiger partial charge in [0.25, 0.3) is 5.91 Å². The van der Waals surface area contributed by atoms with E-state index < -0.39 is 17.9 Å². The standard InChI is InChI=1S/C15H21N3O3/c1-10-3-4-12(14(16)19)13(9-10)18-7-5-17(6-8-18)11(2)15(20)21/h3-4,9,11H,5-8H2,1-2H3,(H2,16,19)(H,20,21). The first-order valence-electron chi connectivity index (χ1n) is 7.02. The van der Waals surface area contributed by atoms with Crippen LogP contribution in [0.1, 0.15) is 22.8 Å². The number of amides is 1. The van der Waals surface area contributed by atoms with Gasteiger partial charge < -0.3 is 15.7 Å². The second-order valence-electron chi connectivity index (χ2n) is 5.42. The summed E-state index contributed by atoms with van der Waals surface area (Å²) < 4.78 is 0. The summed E-state index contributed by atoms with van der Waals surface area (Å²) in [4.78, 5) is 26.6. The van der Waals surface area contributed by atoms with E-state index in [1.807, 2.05) is 24.0 Å². The van der Waals surface area contributed by atoms with E-state index in [-0.39, 0.29) is 0 Å². The van der Waals surface area contributed by atoms with E-state index >= 15 is 0 Å². The van der Waals surface area contributed by atoms with E-state index in [0.29, 0.717) is 31.7 Å². The van der Waals surface area contributed by atoms with Crippen molar-refractivity contribution in [3.63, 3.8) is 0 Å². The summed E-state index contributed by atoms with van der Waals surface area (Å²) >= 11 is 0. The summed E-state index contributed by atoms with van der Waals surface area (Å²) in [5.74, 6) is -1.25. The van der Waals surface area contributed by atoms with Gasteiger partial charge in [-0.15, -0.1) is 0 Å². The predicted octanol–water partition coefficient (Wildman–Crippen LogP) is 0.689. The first kappa shape index (κ1) is 15.3. The number of aryl methyl sites for hydroxylation is 1. The largest absolute Gasteiger partial charge is 0.480 e. The molecule has 1 aromatic carbocycles. The maximum Gasteiger partial charge on any atom is 0.320 e. The minimum absolute atomic E-state index is 0.439. The number of nitrogens with zero attached hydrogens (tertiary/aromatic N) is 2. The van der Waals surface area contributed by atoms with Gasteiger partial charge in [-0.3, -0.25) is 14.5 Å². The van der Waals surface area contributed by atoms with Crippen molar-refractivity contribution >= 4 is 17.6 Å². The van der Waals surface area contributed by atoms with E-state index in [9.17, 15) is 9.59 Å². The van der Waals surface area contributed by atoms with Gasteiger partial charge in [-0.2, -0.15) is 0 Å². The maximum absolute atomic E-state index is 11.5. The molecule has 1 saturated heterocycles. The summed E-state index contributed by atoms with van der Waals surface area (Å²) in [6, 6.07) is 5.09. The molecule has 1 unspecified atom stereocenters. The molecule has 1 heterocycles. The van der Waals surface area contributed by atoms with E-state index in [4.69, 9.17) is 10.8 Å². The van der Waals surface area contributed by atoms with Crippen LogP contribution >= 0.6 is 0 Å². The van der Waals surface area contributed by atoms with E-state index in [2.05, 4.69) is 4.90 Å². The number of hydrogen-bond acceptors (Lipinski definition) is 4. The van der Waals surface area contributed by atoms with Crippen LogP contribution in [0.5, 0.6) is 0 Å². The minimum atomic E-state index is -0.808. The number of primary amides is 1. The molecule has 1 amide bonds. The molecular weight excluding hydrogens is 270 g/mol. The third kappa shape index (κ3) is 3.33. The van der Waals surface area contributed by atoms with E-state index in [0.717, 1.165) is 11.3 Å². The van der Waals surface area contributed by atoms with Crippen molar-refractivity contribution in [2.24, 2.45) is 5.73 Å². The summed E-state index contributed by atoms with van der Waals surface area (Å²) in [6.07, 6.45) is 0. The van der Waals surface area contributed by atoms with Crippen LogP contribution in [-0.4, -0.2) is 54.1 Å². The zero-order chi connectivity index (χ0) is 15.6. The highest BCUT2D eigenvalue weighted by Gasteiger charge is 2.26. The zero-order valence-corrected chi connectivity index (χ0v) is 12.4. The molecule has 1 atom stereocenters. The first-order valence-corrected chi connectivity index (χ1v) is 7.02. The highest BCUT2D eigenvalue weighted by Crippen LogP contribution is 2.23.